The molecule has 1 aliphatic heterocycles. The maximum absolute atomic E-state index is 12.3. The first-order valence-corrected chi connectivity index (χ1v) is 12.3. The van der Waals surface area contributed by atoms with E-state index >= 15 is 0 Å². The van der Waals surface area contributed by atoms with Gasteiger partial charge in [-0.05, 0) is 75.3 Å². The number of carboxylic acid groups (broad SMARTS) is 1. The van der Waals surface area contributed by atoms with E-state index in [9.17, 15) is 9.90 Å². The smallest absolute Gasteiger partial charge is 0.309 e. The van der Waals surface area contributed by atoms with Gasteiger partial charge in [-0.1, -0.05) is 23.4 Å². The summed E-state index contributed by atoms with van der Waals surface area (Å²) in [6.45, 7) is 11.4. The van der Waals surface area contributed by atoms with E-state index in [0.717, 1.165) is 48.9 Å². The Morgan fingerprint density at radius 3 is 2.86 bits per heavy atom. The van der Waals surface area contributed by atoms with Gasteiger partial charge in [0.05, 0.1) is 16.8 Å². The van der Waals surface area contributed by atoms with Gasteiger partial charge in [-0.2, -0.15) is 0 Å². The maximum atomic E-state index is 12.3. The lowest BCUT2D eigenvalue weighted by Crippen LogP contribution is -2.32. The molecule has 1 unspecified atom stereocenters. The van der Waals surface area contributed by atoms with Gasteiger partial charge >= 0.3 is 5.97 Å². The summed E-state index contributed by atoms with van der Waals surface area (Å²) in [7, 11) is 0. The van der Waals surface area contributed by atoms with E-state index in [1.54, 1.807) is 10.9 Å². The Bertz CT molecular complexity index is 1170. The van der Waals surface area contributed by atoms with Crippen molar-refractivity contribution in [3.05, 3.63) is 70.8 Å². The maximum Gasteiger partial charge on any atom is 0.309 e. The average Bonchev–Trinajstić information content (AvgIpc) is 3.20. The summed E-state index contributed by atoms with van der Waals surface area (Å²) in [5.41, 5.74) is 4.35. The zero-order valence-corrected chi connectivity index (χ0v) is 21.1. The Balaban J connectivity index is 1.58. The van der Waals surface area contributed by atoms with Gasteiger partial charge in [0, 0.05) is 38.6 Å². The number of benzene rings is 1. The molecule has 0 bridgehead atoms. The third kappa shape index (κ3) is 5.70. The summed E-state index contributed by atoms with van der Waals surface area (Å²) in [4.78, 5) is 19.1. The normalized spacial score (nSPS) is 15.2. The first-order chi connectivity index (χ1) is 16.8. The standard InChI is InChI=1S/C27H35N5O3/c1-5-32-17-22(29-30-32)10-11-23(27(3,4)26(33)34)20-9-8-19(2)21(15-20)16-31-13-14-35-25-7-6-12-28-24(25)18-31/h6-9,12,15,17,23H,5,10-11,13-14,16,18H2,1-4H3,(H,33,34). The van der Waals surface area contributed by atoms with Crippen molar-refractivity contribution in [2.75, 3.05) is 13.2 Å². The number of hydrogen-bond donors (Lipinski definition) is 1. The summed E-state index contributed by atoms with van der Waals surface area (Å²) in [5, 5.41) is 18.4. The van der Waals surface area contributed by atoms with Gasteiger partial charge in [-0.15, -0.1) is 5.10 Å². The summed E-state index contributed by atoms with van der Waals surface area (Å²) in [6.07, 6.45) is 5.10. The highest BCUT2D eigenvalue weighted by Crippen LogP contribution is 2.40. The van der Waals surface area contributed by atoms with Crippen LogP contribution in [0.2, 0.25) is 0 Å². The van der Waals surface area contributed by atoms with Gasteiger partial charge in [0.2, 0.25) is 0 Å². The Labute approximate surface area is 206 Å². The Morgan fingerprint density at radius 2 is 2.11 bits per heavy atom. The Morgan fingerprint density at radius 1 is 1.29 bits per heavy atom. The SMILES string of the molecule is CCn1cc(CCC(c2ccc(C)c(CN3CCOc4cccnc4C3)c2)C(C)(C)C(=O)O)nn1. The van der Waals surface area contributed by atoms with Gasteiger partial charge in [0.25, 0.3) is 0 Å². The van der Waals surface area contributed by atoms with Crippen molar-refractivity contribution in [1.29, 1.82) is 0 Å². The van der Waals surface area contributed by atoms with E-state index in [-0.39, 0.29) is 5.92 Å². The van der Waals surface area contributed by atoms with Crippen molar-refractivity contribution in [2.45, 2.75) is 66.1 Å². The number of rotatable bonds is 9. The molecule has 3 aromatic rings. The molecule has 186 valence electrons. The Kier molecular flexibility index (Phi) is 7.50. The van der Waals surface area contributed by atoms with Gasteiger partial charge in [0.1, 0.15) is 12.4 Å². The lowest BCUT2D eigenvalue weighted by atomic mass is 9.72. The minimum atomic E-state index is -0.924. The molecule has 0 saturated heterocycles. The molecule has 1 aromatic carbocycles. The molecule has 3 heterocycles. The van der Waals surface area contributed by atoms with E-state index < -0.39 is 11.4 Å². The topological polar surface area (TPSA) is 93.4 Å². The molecule has 8 heteroatoms. The van der Waals surface area contributed by atoms with Crippen molar-refractivity contribution in [3.8, 4) is 5.75 Å². The van der Waals surface area contributed by atoms with Crippen LogP contribution in [0.5, 0.6) is 5.75 Å². The molecule has 1 aliphatic rings. The highest BCUT2D eigenvalue weighted by molar-refractivity contribution is 5.75. The van der Waals surface area contributed by atoms with Crippen LogP contribution in [0.4, 0.5) is 0 Å². The van der Waals surface area contributed by atoms with Crippen LogP contribution >= 0.6 is 0 Å². The summed E-state index contributed by atoms with van der Waals surface area (Å²) in [5.74, 6) is -0.112. The zero-order valence-electron chi connectivity index (χ0n) is 21.1. The minimum absolute atomic E-state index is 0.166. The fourth-order valence-electron chi connectivity index (χ4n) is 4.70. The fourth-order valence-corrected chi connectivity index (χ4v) is 4.70. The highest BCUT2D eigenvalue weighted by atomic mass is 16.5. The van der Waals surface area contributed by atoms with Gasteiger partial charge < -0.3 is 9.84 Å². The molecule has 35 heavy (non-hydrogen) atoms. The zero-order chi connectivity index (χ0) is 25.0. The number of aromatic nitrogens is 4. The van der Waals surface area contributed by atoms with Crippen LogP contribution in [0.25, 0.3) is 0 Å². The van der Waals surface area contributed by atoms with Crippen molar-refractivity contribution >= 4 is 5.97 Å². The molecular formula is C27H35N5O3. The number of nitrogens with zero attached hydrogens (tertiary/aromatic N) is 5. The van der Waals surface area contributed by atoms with E-state index in [1.807, 2.05) is 39.1 Å². The van der Waals surface area contributed by atoms with Crippen molar-refractivity contribution < 1.29 is 14.6 Å². The first-order valence-electron chi connectivity index (χ1n) is 12.3. The number of hydrogen-bond acceptors (Lipinski definition) is 6. The molecular weight excluding hydrogens is 442 g/mol. The second-order valence-corrected chi connectivity index (χ2v) is 9.88. The largest absolute Gasteiger partial charge is 0.490 e. The number of ether oxygens (including phenoxy) is 1. The lowest BCUT2D eigenvalue weighted by Gasteiger charge is -2.32. The lowest BCUT2D eigenvalue weighted by molar-refractivity contribution is -0.148. The summed E-state index contributed by atoms with van der Waals surface area (Å²) >= 11 is 0. The molecule has 0 fully saturated rings. The monoisotopic (exact) mass is 477 g/mol. The Hall–Kier alpha value is -3.26. The molecule has 1 atom stereocenters. The van der Waals surface area contributed by atoms with Gasteiger partial charge in [-0.25, -0.2) is 0 Å². The molecule has 0 radical (unpaired) electrons. The van der Waals surface area contributed by atoms with E-state index in [4.69, 9.17) is 4.74 Å². The van der Waals surface area contributed by atoms with Crippen LogP contribution in [-0.4, -0.2) is 49.1 Å². The summed E-state index contributed by atoms with van der Waals surface area (Å²) < 4.78 is 7.68. The second kappa shape index (κ2) is 10.6. The van der Waals surface area contributed by atoms with E-state index in [2.05, 4.69) is 45.3 Å². The van der Waals surface area contributed by atoms with Crippen LogP contribution in [-0.2, 0) is 30.8 Å². The molecule has 0 spiro atoms. The summed E-state index contributed by atoms with van der Waals surface area (Å²) in [6, 6.07) is 10.3. The third-order valence-electron chi connectivity index (χ3n) is 7.08. The van der Waals surface area contributed by atoms with Gasteiger partial charge in [-0.3, -0.25) is 19.4 Å². The molecule has 0 aliphatic carbocycles. The molecule has 4 rings (SSSR count). The van der Waals surface area contributed by atoms with E-state index in [1.165, 1.54) is 11.1 Å². The first kappa shape index (κ1) is 24.9. The molecule has 1 N–H and O–H groups in total. The number of pyridine rings is 1. The molecule has 0 saturated carbocycles. The number of aliphatic carboxylic acids is 1. The molecule has 8 nitrogen and oxygen atoms in total. The van der Waals surface area contributed by atoms with Crippen molar-refractivity contribution in [1.82, 2.24) is 24.9 Å². The van der Waals surface area contributed by atoms with E-state index in [0.29, 0.717) is 19.4 Å². The number of fused-ring (bicyclic) bond motifs is 1. The quantitative estimate of drug-likeness (QED) is 0.493. The number of carboxylic acids is 1. The van der Waals surface area contributed by atoms with Crippen LogP contribution in [0.15, 0.2) is 42.7 Å². The van der Waals surface area contributed by atoms with Crippen LogP contribution in [0.3, 0.4) is 0 Å². The number of aryl methyl sites for hydroxylation is 3. The predicted molar refractivity (Wildman–Crippen MR) is 133 cm³/mol. The second-order valence-electron chi connectivity index (χ2n) is 9.88. The minimum Gasteiger partial charge on any atom is -0.490 e. The highest BCUT2D eigenvalue weighted by Gasteiger charge is 2.38. The van der Waals surface area contributed by atoms with Crippen molar-refractivity contribution in [2.24, 2.45) is 5.41 Å². The predicted octanol–water partition coefficient (Wildman–Crippen LogP) is 4.22. The van der Waals surface area contributed by atoms with Crippen molar-refractivity contribution in [3.63, 3.8) is 0 Å². The average molecular weight is 478 g/mol. The van der Waals surface area contributed by atoms with Crippen LogP contribution in [0, 0.1) is 12.3 Å². The molecule has 0 amide bonds. The van der Waals surface area contributed by atoms with Crippen LogP contribution < -0.4 is 4.74 Å². The third-order valence-corrected chi connectivity index (χ3v) is 7.08. The van der Waals surface area contributed by atoms with Gasteiger partial charge in [0.15, 0.2) is 0 Å². The number of carbonyl (C=O) groups is 1. The fraction of sp³-hybridized carbons (Fsp3) is 0.481. The van der Waals surface area contributed by atoms with Crippen LogP contribution in [0.1, 0.15) is 61.2 Å². The molecule has 2 aromatic heterocycles.